The Morgan fingerprint density at radius 1 is 1.16 bits per heavy atom. The zero-order valence-corrected chi connectivity index (χ0v) is 12.0. The molecule has 0 radical (unpaired) electrons. The molecule has 0 aliphatic carbocycles. The van der Waals surface area contributed by atoms with E-state index in [4.69, 9.17) is 23.2 Å². The smallest absolute Gasteiger partial charge is 0.125 e. The van der Waals surface area contributed by atoms with Crippen LogP contribution in [0.15, 0.2) is 42.5 Å². The minimum absolute atomic E-state index is 0.0794. The topological polar surface area (TPSA) is 12.0 Å². The molecule has 4 heteroatoms. The molecule has 1 nitrogen and oxygen atoms in total. The Balaban J connectivity index is 2.04. The number of rotatable bonds is 4. The third-order valence-corrected chi connectivity index (χ3v) is 3.47. The second-order valence-electron chi connectivity index (χ2n) is 4.40. The van der Waals surface area contributed by atoms with Crippen LogP contribution in [0.1, 0.15) is 24.1 Å². The second-order valence-corrected chi connectivity index (χ2v) is 5.25. The van der Waals surface area contributed by atoms with E-state index >= 15 is 0 Å². The van der Waals surface area contributed by atoms with E-state index < -0.39 is 0 Å². The van der Waals surface area contributed by atoms with Gasteiger partial charge in [-0.3, -0.25) is 0 Å². The average molecular weight is 298 g/mol. The molecule has 2 aromatic rings. The highest BCUT2D eigenvalue weighted by Gasteiger charge is 2.08. The van der Waals surface area contributed by atoms with Crippen LogP contribution in [0.5, 0.6) is 0 Å². The van der Waals surface area contributed by atoms with E-state index in [2.05, 4.69) is 5.32 Å². The molecule has 0 bridgehead atoms. The van der Waals surface area contributed by atoms with E-state index in [1.165, 1.54) is 12.1 Å². The third-order valence-electron chi connectivity index (χ3n) is 2.91. The van der Waals surface area contributed by atoms with Gasteiger partial charge in [0, 0.05) is 22.6 Å². The van der Waals surface area contributed by atoms with E-state index in [1.807, 2.05) is 31.2 Å². The Morgan fingerprint density at radius 3 is 2.58 bits per heavy atom. The predicted octanol–water partition coefficient (Wildman–Crippen LogP) is 4.98. The zero-order valence-electron chi connectivity index (χ0n) is 10.5. The number of hydrogen-bond acceptors (Lipinski definition) is 1. The molecule has 100 valence electrons. The molecule has 2 rings (SSSR count). The van der Waals surface area contributed by atoms with E-state index in [-0.39, 0.29) is 11.9 Å². The first-order chi connectivity index (χ1) is 9.06. The minimum Gasteiger partial charge on any atom is -0.306 e. The summed E-state index contributed by atoms with van der Waals surface area (Å²) in [6, 6.07) is 12.3. The van der Waals surface area contributed by atoms with E-state index in [0.717, 1.165) is 16.1 Å². The SMILES string of the molecule is C[C@H](NCc1cc(F)cc(Cl)c1)c1ccccc1Cl. The van der Waals surface area contributed by atoms with Crippen molar-refractivity contribution in [3.8, 4) is 0 Å². The molecule has 0 aromatic heterocycles. The Hall–Kier alpha value is -1.09. The van der Waals surface area contributed by atoms with Crippen molar-refractivity contribution < 1.29 is 4.39 Å². The van der Waals surface area contributed by atoms with Gasteiger partial charge < -0.3 is 5.32 Å². The van der Waals surface area contributed by atoms with Crippen LogP contribution in [0.4, 0.5) is 4.39 Å². The fourth-order valence-corrected chi connectivity index (χ4v) is 2.46. The minimum atomic E-state index is -0.324. The summed E-state index contributed by atoms with van der Waals surface area (Å²) in [4.78, 5) is 0. The lowest BCUT2D eigenvalue weighted by molar-refractivity contribution is 0.569. The third kappa shape index (κ3) is 3.93. The quantitative estimate of drug-likeness (QED) is 0.839. The molecule has 0 aliphatic heterocycles. The van der Waals surface area contributed by atoms with Crippen molar-refractivity contribution in [2.24, 2.45) is 0 Å². The first kappa shape index (κ1) is 14.3. The van der Waals surface area contributed by atoms with Gasteiger partial charge in [0.15, 0.2) is 0 Å². The second kappa shape index (κ2) is 6.38. The Labute approximate surface area is 122 Å². The monoisotopic (exact) mass is 297 g/mol. The highest BCUT2D eigenvalue weighted by Crippen LogP contribution is 2.22. The van der Waals surface area contributed by atoms with Crippen LogP contribution in [0, 0.1) is 5.82 Å². The van der Waals surface area contributed by atoms with Gasteiger partial charge in [0.05, 0.1) is 0 Å². The molecule has 1 N–H and O–H groups in total. The summed E-state index contributed by atoms with van der Waals surface area (Å²) < 4.78 is 13.2. The van der Waals surface area contributed by atoms with Gasteiger partial charge in [-0.1, -0.05) is 41.4 Å². The van der Waals surface area contributed by atoms with Crippen LogP contribution in [-0.2, 0) is 6.54 Å². The van der Waals surface area contributed by atoms with Gasteiger partial charge in [-0.25, -0.2) is 4.39 Å². The van der Waals surface area contributed by atoms with Crippen LogP contribution >= 0.6 is 23.2 Å². The van der Waals surface area contributed by atoms with Crippen molar-refractivity contribution in [3.05, 3.63) is 69.5 Å². The van der Waals surface area contributed by atoms with Gasteiger partial charge in [0.25, 0.3) is 0 Å². The maximum absolute atomic E-state index is 13.2. The molecular weight excluding hydrogens is 284 g/mol. The zero-order chi connectivity index (χ0) is 13.8. The van der Waals surface area contributed by atoms with Crippen LogP contribution in [0.2, 0.25) is 10.0 Å². The Bertz CT molecular complexity index is 552. The van der Waals surface area contributed by atoms with Crippen molar-refractivity contribution in [2.75, 3.05) is 0 Å². The lowest BCUT2D eigenvalue weighted by Crippen LogP contribution is -2.18. The van der Waals surface area contributed by atoms with Gasteiger partial charge in [-0.05, 0) is 42.3 Å². The summed E-state index contributed by atoms with van der Waals surface area (Å²) in [5.74, 6) is -0.324. The summed E-state index contributed by atoms with van der Waals surface area (Å²) in [7, 11) is 0. The average Bonchev–Trinajstić information content (AvgIpc) is 2.35. The summed E-state index contributed by atoms with van der Waals surface area (Å²) >= 11 is 11.9. The number of benzene rings is 2. The maximum atomic E-state index is 13.2. The number of nitrogens with one attached hydrogen (secondary N) is 1. The molecule has 0 spiro atoms. The molecule has 1 atom stereocenters. The fourth-order valence-electron chi connectivity index (χ4n) is 1.92. The van der Waals surface area contributed by atoms with Gasteiger partial charge >= 0.3 is 0 Å². The molecular formula is C15H14Cl2FN. The van der Waals surface area contributed by atoms with Gasteiger partial charge in [-0.15, -0.1) is 0 Å². The van der Waals surface area contributed by atoms with Crippen molar-refractivity contribution in [1.29, 1.82) is 0 Å². The highest BCUT2D eigenvalue weighted by molar-refractivity contribution is 6.31. The van der Waals surface area contributed by atoms with Crippen molar-refractivity contribution in [1.82, 2.24) is 5.32 Å². The van der Waals surface area contributed by atoms with Crippen molar-refractivity contribution in [3.63, 3.8) is 0 Å². The molecule has 0 saturated carbocycles. The van der Waals surface area contributed by atoms with Crippen LogP contribution in [0.25, 0.3) is 0 Å². The van der Waals surface area contributed by atoms with E-state index in [1.54, 1.807) is 6.07 Å². The molecule has 2 aromatic carbocycles. The molecule has 0 heterocycles. The largest absolute Gasteiger partial charge is 0.306 e. The van der Waals surface area contributed by atoms with Crippen molar-refractivity contribution in [2.45, 2.75) is 19.5 Å². The van der Waals surface area contributed by atoms with Gasteiger partial charge in [0.2, 0.25) is 0 Å². The standard InChI is InChI=1S/C15H14Cl2FN/c1-10(14-4-2-3-5-15(14)17)19-9-11-6-12(16)8-13(18)7-11/h2-8,10,19H,9H2,1H3/t10-/m0/s1. The normalized spacial score (nSPS) is 12.4. The molecule has 0 unspecified atom stereocenters. The summed E-state index contributed by atoms with van der Waals surface area (Å²) in [5, 5.41) is 4.43. The molecule has 0 saturated heterocycles. The maximum Gasteiger partial charge on any atom is 0.125 e. The molecule has 0 fully saturated rings. The number of hydrogen-bond donors (Lipinski definition) is 1. The molecule has 19 heavy (non-hydrogen) atoms. The fraction of sp³-hybridized carbons (Fsp3) is 0.200. The van der Waals surface area contributed by atoms with Crippen LogP contribution in [-0.4, -0.2) is 0 Å². The van der Waals surface area contributed by atoms with Gasteiger partial charge in [-0.2, -0.15) is 0 Å². The molecule has 0 amide bonds. The molecule has 0 aliphatic rings. The van der Waals surface area contributed by atoms with E-state index in [0.29, 0.717) is 11.6 Å². The summed E-state index contributed by atoms with van der Waals surface area (Å²) in [6.45, 7) is 2.55. The van der Waals surface area contributed by atoms with Crippen LogP contribution < -0.4 is 5.32 Å². The Kier molecular flexibility index (Phi) is 4.81. The predicted molar refractivity (Wildman–Crippen MR) is 78.1 cm³/mol. The van der Waals surface area contributed by atoms with Gasteiger partial charge in [0.1, 0.15) is 5.82 Å². The van der Waals surface area contributed by atoms with E-state index in [9.17, 15) is 4.39 Å². The lowest BCUT2D eigenvalue weighted by atomic mass is 10.1. The number of halogens is 3. The summed E-state index contributed by atoms with van der Waals surface area (Å²) in [6.07, 6.45) is 0. The highest BCUT2D eigenvalue weighted by atomic mass is 35.5. The van der Waals surface area contributed by atoms with Crippen LogP contribution in [0.3, 0.4) is 0 Å². The first-order valence-electron chi connectivity index (χ1n) is 5.99. The summed E-state index contributed by atoms with van der Waals surface area (Å²) in [5.41, 5.74) is 1.83. The Morgan fingerprint density at radius 2 is 1.89 bits per heavy atom. The lowest BCUT2D eigenvalue weighted by Gasteiger charge is -2.15. The first-order valence-corrected chi connectivity index (χ1v) is 6.74. The van der Waals surface area contributed by atoms with Crippen molar-refractivity contribution >= 4 is 23.2 Å².